The molecule has 0 aliphatic carbocycles. The molecule has 0 aromatic heterocycles. The van der Waals surface area contributed by atoms with Gasteiger partial charge in [-0.2, -0.15) is 0 Å². The molecule has 0 spiro atoms. The Balaban J connectivity index is 1.97. The molecule has 2 rings (SSSR count). The normalized spacial score (nSPS) is 36.7. The summed E-state index contributed by atoms with van der Waals surface area (Å²) in [5.41, 5.74) is 0. The molecule has 1 saturated heterocycles. The highest BCUT2D eigenvalue weighted by atomic mass is 19.1. The van der Waals surface area contributed by atoms with Gasteiger partial charge >= 0.3 is 0 Å². The van der Waals surface area contributed by atoms with Crippen molar-refractivity contribution < 1.29 is 14.2 Å². The van der Waals surface area contributed by atoms with E-state index in [0.29, 0.717) is 6.54 Å². The van der Waals surface area contributed by atoms with Crippen molar-refractivity contribution in [3.05, 3.63) is 12.3 Å². The first kappa shape index (κ1) is 9.61. The van der Waals surface area contributed by atoms with Gasteiger partial charge in [-0.25, -0.2) is 9.38 Å². The summed E-state index contributed by atoms with van der Waals surface area (Å²) in [5.74, 6) is 0. The molecule has 5 heteroatoms. The molecule has 1 fully saturated rings. The average molecular weight is 200 g/mol. The first-order valence-corrected chi connectivity index (χ1v) is 4.65. The number of aliphatic imine (C=N–C) groups is 1. The number of rotatable bonds is 2. The van der Waals surface area contributed by atoms with Gasteiger partial charge < -0.3 is 14.7 Å². The summed E-state index contributed by atoms with van der Waals surface area (Å²) in [6.07, 6.45) is 3.30. The Morgan fingerprint density at radius 2 is 2.50 bits per heavy atom. The Hall–Kier alpha value is -0.940. The highest BCUT2D eigenvalue weighted by Crippen LogP contribution is 2.25. The number of ether oxygens (including phenoxy) is 1. The van der Waals surface area contributed by atoms with Crippen LogP contribution in [0.1, 0.15) is 6.42 Å². The van der Waals surface area contributed by atoms with Crippen LogP contribution in [0.15, 0.2) is 17.3 Å². The summed E-state index contributed by atoms with van der Waals surface area (Å²) in [6.45, 7) is 0.477. The molecule has 0 aromatic carbocycles. The number of nitrogens with zero attached hydrogens (tertiary/aromatic N) is 2. The molecule has 0 amide bonds. The maximum atomic E-state index is 13.4. The van der Waals surface area contributed by atoms with Crippen LogP contribution in [0.5, 0.6) is 0 Å². The van der Waals surface area contributed by atoms with Crippen LogP contribution < -0.4 is 0 Å². The topological polar surface area (TPSA) is 45.1 Å². The Kier molecular flexibility index (Phi) is 2.79. The van der Waals surface area contributed by atoms with Gasteiger partial charge in [0, 0.05) is 19.2 Å². The highest BCUT2D eigenvalue weighted by Gasteiger charge is 2.38. The van der Waals surface area contributed by atoms with Gasteiger partial charge in [0.2, 0.25) is 0 Å². The fourth-order valence-corrected chi connectivity index (χ4v) is 1.68. The third kappa shape index (κ3) is 1.78. The van der Waals surface area contributed by atoms with Gasteiger partial charge in [0.25, 0.3) is 0 Å². The van der Waals surface area contributed by atoms with Gasteiger partial charge in [0.1, 0.15) is 6.17 Å². The lowest BCUT2D eigenvalue weighted by Crippen LogP contribution is -2.40. The predicted molar refractivity (Wildman–Crippen MR) is 49.6 cm³/mol. The van der Waals surface area contributed by atoms with E-state index < -0.39 is 12.4 Å². The van der Waals surface area contributed by atoms with Crippen LogP contribution in [0.25, 0.3) is 0 Å². The molecule has 0 bridgehead atoms. The first-order valence-electron chi connectivity index (χ1n) is 4.65. The Labute approximate surface area is 81.7 Å². The number of hydrogen-bond acceptors (Lipinski definition) is 4. The molecular weight excluding hydrogens is 187 g/mol. The number of halogens is 1. The highest BCUT2D eigenvalue weighted by molar-refractivity contribution is 5.58. The van der Waals surface area contributed by atoms with Crippen molar-refractivity contribution in [2.24, 2.45) is 4.99 Å². The lowest BCUT2D eigenvalue weighted by atomic mass is 10.2. The lowest BCUT2D eigenvalue weighted by molar-refractivity contribution is -0.0528. The maximum Gasteiger partial charge on any atom is 0.163 e. The van der Waals surface area contributed by atoms with E-state index in [4.69, 9.17) is 9.84 Å². The molecule has 1 N–H and O–H groups in total. The standard InChI is InChI=1S/C9H13FN2O2/c10-8-4-7(5-13)14-9(8)12-3-1-2-11-6-12/h1-2,6-9,13H,3-5H2/t7-,8-,9+/m0/s1. The van der Waals surface area contributed by atoms with E-state index in [1.165, 1.54) is 0 Å². The molecule has 14 heavy (non-hydrogen) atoms. The molecule has 2 heterocycles. The predicted octanol–water partition coefficient (Wildman–Crippen LogP) is 0.289. The van der Waals surface area contributed by atoms with Crippen molar-refractivity contribution in [2.75, 3.05) is 13.2 Å². The van der Waals surface area contributed by atoms with Crippen molar-refractivity contribution >= 4 is 6.34 Å². The Bertz CT molecular complexity index is 257. The summed E-state index contributed by atoms with van der Waals surface area (Å²) in [5, 5.41) is 8.84. The van der Waals surface area contributed by atoms with Crippen molar-refractivity contribution in [1.29, 1.82) is 0 Å². The molecule has 0 unspecified atom stereocenters. The second kappa shape index (κ2) is 4.06. The van der Waals surface area contributed by atoms with E-state index in [2.05, 4.69) is 4.99 Å². The van der Waals surface area contributed by atoms with Crippen molar-refractivity contribution in [1.82, 2.24) is 4.90 Å². The SMILES string of the molecule is OC[C@@H]1C[C@H](F)[C@H](N2C=NC=CC2)O1. The summed E-state index contributed by atoms with van der Waals surface area (Å²) in [7, 11) is 0. The fraction of sp³-hybridized carbons (Fsp3) is 0.667. The third-order valence-corrected chi connectivity index (χ3v) is 2.38. The molecule has 2 aliphatic rings. The van der Waals surface area contributed by atoms with Gasteiger partial charge in [-0.3, -0.25) is 0 Å². The smallest absolute Gasteiger partial charge is 0.163 e. The summed E-state index contributed by atoms with van der Waals surface area (Å²) in [4.78, 5) is 5.59. The zero-order chi connectivity index (χ0) is 9.97. The van der Waals surface area contributed by atoms with Crippen LogP contribution in [0.2, 0.25) is 0 Å². The average Bonchev–Trinajstić information content (AvgIpc) is 2.61. The third-order valence-electron chi connectivity index (χ3n) is 2.38. The second-order valence-electron chi connectivity index (χ2n) is 3.43. The molecule has 0 saturated carbocycles. The van der Waals surface area contributed by atoms with Gasteiger partial charge in [-0.1, -0.05) is 0 Å². The monoisotopic (exact) mass is 200 g/mol. The minimum absolute atomic E-state index is 0.127. The maximum absolute atomic E-state index is 13.4. The minimum Gasteiger partial charge on any atom is -0.394 e. The van der Waals surface area contributed by atoms with E-state index in [9.17, 15) is 4.39 Å². The molecule has 0 aromatic rings. The van der Waals surface area contributed by atoms with E-state index in [-0.39, 0.29) is 19.1 Å². The quantitative estimate of drug-likeness (QED) is 0.696. The van der Waals surface area contributed by atoms with Gasteiger partial charge in [-0.05, 0) is 6.08 Å². The van der Waals surface area contributed by atoms with Crippen LogP contribution in [-0.2, 0) is 4.74 Å². The summed E-state index contributed by atoms with van der Waals surface area (Å²) < 4.78 is 18.8. The zero-order valence-corrected chi connectivity index (χ0v) is 7.71. The number of hydrogen-bond donors (Lipinski definition) is 1. The van der Waals surface area contributed by atoms with Crippen LogP contribution >= 0.6 is 0 Å². The summed E-state index contributed by atoms with van der Waals surface area (Å²) in [6, 6.07) is 0. The van der Waals surface area contributed by atoms with Gasteiger partial charge in [0.15, 0.2) is 6.23 Å². The number of aliphatic hydroxyl groups excluding tert-OH is 1. The van der Waals surface area contributed by atoms with E-state index in [0.717, 1.165) is 0 Å². The molecule has 78 valence electrons. The number of alkyl halides is 1. The molecular formula is C9H13FN2O2. The van der Waals surface area contributed by atoms with Crippen LogP contribution in [0, 0.1) is 0 Å². The molecule has 4 nitrogen and oxygen atoms in total. The lowest BCUT2D eigenvalue weighted by Gasteiger charge is -2.27. The fourth-order valence-electron chi connectivity index (χ4n) is 1.68. The van der Waals surface area contributed by atoms with Crippen LogP contribution in [0.4, 0.5) is 4.39 Å². The van der Waals surface area contributed by atoms with Gasteiger partial charge in [0.05, 0.1) is 19.0 Å². The molecule has 0 radical (unpaired) electrons. The van der Waals surface area contributed by atoms with E-state index in [1.807, 2.05) is 6.08 Å². The second-order valence-corrected chi connectivity index (χ2v) is 3.43. The van der Waals surface area contributed by atoms with Crippen LogP contribution in [-0.4, -0.2) is 48.0 Å². The van der Waals surface area contributed by atoms with Gasteiger partial charge in [-0.15, -0.1) is 0 Å². The zero-order valence-electron chi connectivity index (χ0n) is 7.71. The Morgan fingerprint density at radius 3 is 3.07 bits per heavy atom. The first-order chi connectivity index (χ1) is 6.81. The molecule has 2 aliphatic heterocycles. The van der Waals surface area contributed by atoms with Crippen LogP contribution in [0.3, 0.4) is 0 Å². The van der Waals surface area contributed by atoms with Crippen molar-refractivity contribution in [2.45, 2.75) is 24.9 Å². The largest absolute Gasteiger partial charge is 0.394 e. The van der Waals surface area contributed by atoms with Crippen molar-refractivity contribution in [3.8, 4) is 0 Å². The van der Waals surface area contributed by atoms with Crippen molar-refractivity contribution in [3.63, 3.8) is 0 Å². The summed E-state index contributed by atoms with van der Waals surface area (Å²) >= 11 is 0. The van der Waals surface area contributed by atoms with E-state index >= 15 is 0 Å². The van der Waals surface area contributed by atoms with E-state index in [1.54, 1.807) is 17.4 Å². The number of aliphatic hydroxyl groups is 1. The Morgan fingerprint density at radius 1 is 1.64 bits per heavy atom. The minimum atomic E-state index is -1.05. The molecule has 3 atom stereocenters.